The van der Waals surface area contributed by atoms with E-state index in [1.807, 2.05) is 50.2 Å². The lowest BCUT2D eigenvalue weighted by Gasteiger charge is -2.56. The number of hydrogen-bond donors (Lipinski definition) is 7. The van der Waals surface area contributed by atoms with Crippen LogP contribution in [0.1, 0.15) is 127 Å². The third kappa shape index (κ3) is 8.04. The highest BCUT2D eigenvalue weighted by Crippen LogP contribution is 2.59. The van der Waals surface area contributed by atoms with Gasteiger partial charge in [-0.3, -0.25) is 34.1 Å². The number of aliphatic carboxylic acids is 2. The molecule has 314 valence electrons. The Morgan fingerprint density at radius 3 is 1.59 bits per heavy atom. The van der Waals surface area contributed by atoms with Crippen LogP contribution < -0.4 is 27.0 Å². The molecule has 2 saturated carbocycles. The van der Waals surface area contributed by atoms with E-state index in [-0.39, 0.29) is 66.1 Å². The Hall–Kier alpha value is -4.62. The number of hydrogen-bond acceptors (Lipinski definition) is 8. The lowest BCUT2D eigenvalue weighted by molar-refractivity contribution is -0.150. The van der Waals surface area contributed by atoms with Crippen LogP contribution in [0.4, 0.5) is 11.4 Å². The molecule has 13 nitrogen and oxygen atoms in total. The number of carboxylic acids is 2. The molecule has 4 aliphatic rings. The molecule has 58 heavy (non-hydrogen) atoms. The van der Waals surface area contributed by atoms with Crippen LogP contribution in [0.2, 0.25) is 0 Å². The first kappa shape index (κ1) is 43.0. The Bertz CT molecular complexity index is 1980. The second-order valence-corrected chi connectivity index (χ2v) is 18.4. The van der Waals surface area contributed by atoms with Crippen LogP contribution in [0.15, 0.2) is 36.4 Å². The molecule has 0 radical (unpaired) electrons. The van der Waals surface area contributed by atoms with Gasteiger partial charge in [0, 0.05) is 24.2 Å². The van der Waals surface area contributed by atoms with Crippen molar-refractivity contribution < 1.29 is 39.0 Å². The predicted molar refractivity (Wildman–Crippen MR) is 220 cm³/mol. The van der Waals surface area contributed by atoms with Crippen molar-refractivity contribution in [3.8, 4) is 0 Å². The number of carbonyl (C=O) groups excluding carboxylic acids is 4. The minimum Gasteiger partial charge on any atom is -0.481 e. The van der Waals surface area contributed by atoms with Crippen molar-refractivity contribution in [3.63, 3.8) is 0 Å². The fourth-order valence-electron chi connectivity index (χ4n) is 11.6. The standard InChI is InChI=1S/C45H61N5O8/c1-42-20-6-22-44(3,34(42)16-10-26-8-12-28(24-30(26)42)48-38(55)32(46)14-18-36(51)52)40(57)50-41(58)45(4)23-7-21-43(2)31-25-29(13-9-27(31)11-17-35(43)45)49-39(56)33(47-5)15-19-37(53)54/h8-9,12-13,24-25,32-35,47H,6-7,10-11,14-23,46H2,1-5H3,(H,48,55)(H,49,56)(H,51,52)(H,53,54)(H,50,57,58)/t32-,33-,34?,35+,42+,43+,44-,45-/m0/s1. The minimum absolute atomic E-state index is 0.0291. The maximum Gasteiger partial charge on any atom is 0.303 e. The number of anilines is 2. The van der Waals surface area contributed by atoms with Gasteiger partial charge in [-0.1, -0.05) is 52.7 Å². The number of nitrogens with one attached hydrogen (secondary N) is 4. The molecule has 0 aliphatic heterocycles. The van der Waals surface area contributed by atoms with E-state index < -0.39 is 40.8 Å². The van der Waals surface area contributed by atoms with Crippen LogP contribution in [0.25, 0.3) is 0 Å². The van der Waals surface area contributed by atoms with Crippen molar-refractivity contribution in [1.82, 2.24) is 10.6 Å². The highest BCUT2D eigenvalue weighted by molar-refractivity contribution is 6.01. The van der Waals surface area contributed by atoms with Crippen LogP contribution >= 0.6 is 0 Å². The third-order valence-electron chi connectivity index (χ3n) is 14.8. The first-order valence-electron chi connectivity index (χ1n) is 21.0. The summed E-state index contributed by atoms with van der Waals surface area (Å²) >= 11 is 0. The molecule has 4 amide bonds. The summed E-state index contributed by atoms with van der Waals surface area (Å²) in [4.78, 5) is 77.4. The van der Waals surface area contributed by atoms with E-state index in [1.54, 1.807) is 7.05 Å². The summed E-state index contributed by atoms with van der Waals surface area (Å²) in [7, 11) is 1.64. The normalized spacial score (nSPS) is 29.6. The first-order chi connectivity index (χ1) is 27.3. The van der Waals surface area contributed by atoms with E-state index in [4.69, 9.17) is 15.9 Å². The van der Waals surface area contributed by atoms with E-state index in [0.717, 1.165) is 62.5 Å². The monoisotopic (exact) mass is 799 g/mol. The smallest absolute Gasteiger partial charge is 0.303 e. The number of nitrogens with two attached hydrogens (primary N) is 1. The number of carboxylic acid groups (broad SMARTS) is 2. The van der Waals surface area contributed by atoms with Crippen molar-refractivity contribution in [1.29, 1.82) is 0 Å². The van der Waals surface area contributed by atoms with E-state index in [0.29, 0.717) is 24.2 Å². The Morgan fingerprint density at radius 1 is 0.690 bits per heavy atom. The van der Waals surface area contributed by atoms with Crippen molar-refractivity contribution in [3.05, 3.63) is 58.7 Å². The average molecular weight is 800 g/mol. The van der Waals surface area contributed by atoms with Gasteiger partial charge in [0.1, 0.15) is 0 Å². The molecule has 8 atom stereocenters. The molecular weight excluding hydrogens is 739 g/mol. The van der Waals surface area contributed by atoms with Crippen molar-refractivity contribution >= 4 is 46.9 Å². The van der Waals surface area contributed by atoms with Gasteiger partial charge in [0.2, 0.25) is 23.6 Å². The maximum absolute atomic E-state index is 14.7. The fourth-order valence-corrected chi connectivity index (χ4v) is 11.6. The molecule has 6 rings (SSSR count). The summed E-state index contributed by atoms with van der Waals surface area (Å²) in [5.74, 6) is -3.28. The summed E-state index contributed by atoms with van der Waals surface area (Å²) < 4.78 is 0. The molecule has 0 saturated heterocycles. The Kier molecular flexibility index (Phi) is 12.3. The van der Waals surface area contributed by atoms with Gasteiger partial charge in [0.15, 0.2) is 0 Å². The topological polar surface area (TPSA) is 217 Å². The minimum atomic E-state index is -1.01. The van der Waals surface area contributed by atoms with Crippen molar-refractivity contribution in [2.24, 2.45) is 28.4 Å². The van der Waals surface area contributed by atoms with Crippen molar-refractivity contribution in [2.75, 3.05) is 17.7 Å². The number of fused-ring (bicyclic) bond motifs is 6. The van der Waals surface area contributed by atoms with Crippen LogP contribution in [0, 0.1) is 22.7 Å². The Morgan fingerprint density at radius 2 is 1.14 bits per heavy atom. The molecule has 1 unspecified atom stereocenters. The van der Waals surface area contributed by atoms with Crippen LogP contribution in [-0.4, -0.2) is 64.9 Å². The number of rotatable bonds is 13. The lowest BCUT2D eigenvalue weighted by atomic mass is 9.49. The average Bonchev–Trinajstić information content (AvgIpc) is 3.17. The van der Waals surface area contributed by atoms with E-state index in [1.165, 1.54) is 11.1 Å². The molecule has 2 aromatic rings. The fraction of sp³-hybridized carbons (Fsp3) is 0.600. The van der Waals surface area contributed by atoms with Gasteiger partial charge in [-0.05, 0) is 140 Å². The number of likely N-dealkylation sites (N-methyl/N-ethyl adjacent to an activating group) is 1. The molecule has 0 aromatic heterocycles. The van der Waals surface area contributed by atoms with Gasteiger partial charge >= 0.3 is 11.9 Å². The summed E-state index contributed by atoms with van der Waals surface area (Å²) in [5, 5.41) is 29.9. The maximum atomic E-state index is 14.7. The molecule has 0 heterocycles. The van der Waals surface area contributed by atoms with E-state index in [9.17, 15) is 28.8 Å². The van der Waals surface area contributed by atoms with Crippen LogP contribution in [0.3, 0.4) is 0 Å². The van der Waals surface area contributed by atoms with Gasteiger partial charge in [0.05, 0.1) is 22.9 Å². The summed E-state index contributed by atoms with van der Waals surface area (Å²) in [5.41, 5.74) is 9.37. The Labute approximate surface area is 341 Å². The molecule has 13 heteroatoms. The summed E-state index contributed by atoms with van der Waals surface area (Å²) in [6.45, 7) is 8.44. The number of amides is 4. The molecule has 2 aromatic carbocycles. The van der Waals surface area contributed by atoms with Crippen LogP contribution in [-0.2, 0) is 52.4 Å². The van der Waals surface area contributed by atoms with Crippen LogP contribution in [0.5, 0.6) is 0 Å². The van der Waals surface area contributed by atoms with E-state index in [2.05, 4.69) is 35.1 Å². The molecule has 8 N–H and O–H groups in total. The quantitative estimate of drug-likeness (QED) is 0.125. The SMILES string of the molecule is CN[C@@H](CCC(=O)O)C(=O)Nc1ccc2c(c1)[C@@]1(C)CCC[C@](C)(C(=O)NC(=O)[C@@]3(C)CCC[C@]4(C)c5cc(NC(=O)[C@@H](N)CCC(=O)O)ccc5CCC34)[C@@H]1CC2. The van der Waals surface area contributed by atoms with Crippen molar-refractivity contribution in [2.45, 2.75) is 141 Å². The largest absolute Gasteiger partial charge is 0.481 e. The molecular formula is C45H61N5O8. The van der Waals surface area contributed by atoms with Gasteiger partial charge in [-0.2, -0.15) is 0 Å². The number of carbonyl (C=O) groups is 6. The number of benzene rings is 2. The highest BCUT2D eigenvalue weighted by atomic mass is 16.4. The second kappa shape index (κ2) is 16.6. The second-order valence-electron chi connectivity index (χ2n) is 18.4. The molecule has 0 spiro atoms. The molecule has 2 fully saturated rings. The van der Waals surface area contributed by atoms with Gasteiger partial charge < -0.3 is 31.9 Å². The zero-order chi connectivity index (χ0) is 42.2. The van der Waals surface area contributed by atoms with E-state index >= 15 is 0 Å². The zero-order valence-electron chi connectivity index (χ0n) is 34.6. The molecule has 0 bridgehead atoms. The van der Waals surface area contributed by atoms with Gasteiger partial charge in [-0.15, -0.1) is 0 Å². The first-order valence-corrected chi connectivity index (χ1v) is 21.0. The van der Waals surface area contributed by atoms with Gasteiger partial charge in [-0.25, -0.2) is 0 Å². The third-order valence-corrected chi connectivity index (χ3v) is 14.8. The number of imide groups is 1. The summed E-state index contributed by atoms with van der Waals surface area (Å²) in [6, 6.07) is 10.2. The highest BCUT2D eigenvalue weighted by Gasteiger charge is 2.58. The molecule has 4 aliphatic carbocycles. The van der Waals surface area contributed by atoms with Gasteiger partial charge in [0.25, 0.3) is 0 Å². The lowest BCUT2D eigenvalue weighted by Crippen LogP contribution is -2.60. The Balaban J connectivity index is 1.19. The zero-order valence-corrected chi connectivity index (χ0v) is 34.6. The summed E-state index contributed by atoms with van der Waals surface area (Å²) in [6.07, 6.45) is 7.61. The predicted octanol–water partition coefficient (Wildman–Crippen LogP) is 5.57. The number of aryl methyl sites for hydroxylation is 2.